The summed E-state index contributed by atoms with van der Waals surface area (Å²) >= 11 is 0. The van der Waals surface area contributed by atoms with E-state index in [4.69, 9.17) is 9.97 Å². The minimum absolute atomic E-state index is 0.393. The molecule has 0 aliphatic carbocycles. The Kier molecular flexibility index (Phi) is 5.32. The summed E-state index contributed by atoms with van der Waals surface area (Å²) in [6.07, 6.45) is 8.29. The van der Waals surface area contributed by atoms with Crippen molar-refractivity contribution in [3.05, 3.63) is 66.5 Å². The zero-order valence-electron chi connectivity index (χ0n) is 18.6. The van der Waals surface area contributed by atoms with Crippen LogP contribution in [0.2, 0.25) is 0 Å². The fourth-order valence-corrected chi connectivity index (χ4v) is 4.81. The van der Waals surface area contributed by atoms with Crippen LogP contribution in [0.15, 0.2) is 55.0 Å². The Morgan fingerprint density at radius 1 is 1.06 bits per heavy atom. The minimum Gasteiger partial charge on any atom is -0.324 e. The number of nitrogens with zero attached hydrogens (tertiary/aromatic N) is 6. The number of piperidine rings is 1. The number of likely N-dealkylation sites (tertiary alicyclic amines) is 1. The maximum atomic E-state index is 4.97. The molecular formula is C25H30N6. The Balaban J connectivity index is 1.33. The van der Waals surface area contributed by atoms with E-state index in [0.29, 0.717) is 12.0 Å². The van der Waals surface area contributed by atoms with Gasteiger partial charge in [-0.2, -0.15) is 5.10 Å². The third-order valence-corrected chi connectivity index (χ3v) is 6.30. The molecule has 1 saturated heterocycles. The molecule has 0 amide bonds. The lowest BCUT2D eigenvalue weighted by Gasteiger charge is -2.32. The summed E-state index contributed by atoms with van der Waals surface area (Å²) in [4.78, 5) is 12.3. The molecule has 1 fully saturated rings. The van der Waals surface area contributed by atoms with E-state index < -0.39 is 0 Å². The predicted octanol–water partition coefficient (Wildman–Crippen LogP) is 4.79. The first-order valence-corrected chi connectivity index (χ1v) is 11.2. The van der Waals surface area contributed by atoms with Gasteiger partial charge in [-0.3, -0.25) is 14.6 Å². The average Bonchev–Trinajstić information content (AvgIpc) is 3.37. The van der Waals surface area contributed by atoms with Crippen LogP contribution in [-0.2, 0) is 13.6 Å². The highest BCUT2D eigenvalue weighted by molar-refractivity contribution is 5.76. The minimum atomic E-state index is 0.393. The van der Waals surface area contributed by atoms with E-state index in [9.17, 15) is 0 Å². The third-order valence-electron chi connectivity index (χ3n) is 6.30. The molecule has 1 atom stereocenters. The van der Waals surface area contributed by atoms with Crippen LogP contribution in [0, 0.1) is 0 Å². The summed E-state index contributed by atoms with van der Waals surface area (Å²) in [7, 11) is 1.94. The number of para-hydroxylation sites is 2. The Morgan fingerprint density at radius 3 is 2.68 bits per heavy atom. The van der Waals surface area contributed by atoms with Crippen LogP contribution < -0.4 is 0 Å². The topological polar surface area (TPSA) is 51.8 Å². The normalized spacial score (nSPS) is 17.6. The molecule has 0 bridgehead atoms. The first-order chi connectivity index (χ1) is 15.1. The van der Waals surface area contributed by atoms with Crippen molar-refractivity contribution in [1.82, 2.24) is 29.2 Å². The quantitative estimate of drug-likeness (QED) is 0.471. The molecule has 0 saturated carbocycles. The molecular weight excluding hydrogens is 384 g/mol. The Morgan fingerprint density at radius 2 is 1.94 bits per heavy atom. The monoisotopic (exact) mass is 414 g/mol. The van der Waals surface area contributed by atoms with Crippen molar-refractivity contribution in [2.24, 2.45) is 7.05 Å². The van der Waals surface area contributed by atoms with Gasteiger partial charge in [0.05, 0.1) is 23.8 Å². The molecule has 1 aliphatic heterocycles. The van der Waals surface area contributed by atoms with Crippen molar-refractivity contribution in [3.8, 4) is 11.1 Å². The van der Waals surface area contributed by atoms with Crippen LogP contribution in [-0.4, -0.2) is 42.3 Å². The van der Waals surface area contributed by atoms with E-state index in [1.807, 2.05) is 30.3 Å². The van der Waals surface area contributed by atoms with Crippen LogP contribution >= 0.6 is 0 Å². The van der Waals surface area contributed by atoms with Gasteiger partial charge in [0.15, 0.2) is 0 Å². The number of benzene rings is 1. The molecule has 160 valence electrons. The van der Waals surface area contributed by atoms with E-state index >= 15 is 0 Å². The molecule has 4 aromatic rings. The number of imidazole rings is 1. The van der Waals surface area contributed by atoms with Crippen molar-refractivity contribution in [2.75, 3.05) is 13.1 Å². The highest BCUT2D eigenvalue weighted by Gasteiger charge is 2.24. The number of aryl methyl sites for hydroxylation is 1. The highest BCUT2D eigenvalue weighted by atomic mass is 15.2. The standard InChI is InChI=1S/C25H30N6/c1-18(2)31-24-9-5-4-8-23(24)28-25(31)17-30-12-6-7-20(16-30)22-11-10-19(13-26-22)21-14-27-29(3)15-21/h4-5,8-11,13-15,18,20H,6-7,12,16-17H2,1-3H3/t20-/m0/s1. The molecule has 1 aliphatic rings. The van der Waals surface area contributed by atoms with Crippen LogP contribution in [0.4, 0.5) is 0 Å². The van der Waals surface area contributed by atoms with Crippen LogP contribution in [0.5, 0.6) is 0 Å². The van der Waals surface area contributed by atoms with Crippen molar-refractivity contribution in [3.63, 3.8) is 0 Å². The fraction of sp³-hybridized carbons (Fsp3) is 0.400. The van der Waals surface area contributed by atoms with Crippen molar-refractivity contribution in [2.45, 2.75) is 45.2 Å². The predicted molar refractivity (Wildman–Crippen MR) is 124 cm³/mol. The van der Waals surface area contributed by atoms with Crippen molar-refractivity contribution < 1.29 is 0 Å². The molecule has 4 heterocycles. The van der Waals surface area contributed by atoms with Gasteiger partial charge in [0.2, 0.25) is 0 Å². The van der Waals surface area contributed by atoms with Gasteiger partial charge in [0.1, 0.15) is 5.82 Å². The second kappa shape index (κ2) is 8.27. The summed E-state index contributed by atoms with van der Waals surface area (Å²) in [6, 6.07) is 13.2. The molecule has 0 N–H and O–H groups in total. The Hall–Kier alpha value is -2.99. The number of pyridine rings is 1. The number of aromatic nitrogens is 5. The van der Waals surface area contributed by atoms with Crippen molar-refractivity contribution >= 4 is 11.0 Å². The van der Waals surface area contributed by atoms with Crippen molar-refractivity contribution in [1.29, 1.82) is 0 Å². The third kappa shape index (κ3) is 4.00. The van der Waals surface area contributed by atoms with E-state index in [-0.39, 0.29) is 0 Å². The summed E-state index contributed by atoms with van der Waals surface area (Å²) in [5.41, 5.74) is 5.74. The van der Waals surface area contributed by atoms with E-state index in [0.717, 1.165) is 42.1 Å². The van der Waals surface area contributed by atoms with Gasteiger partial charge in [-0.15, -0.1) is 0 Å². The van der Waals surface area contributed by atoms with Gasteiger partial charge in [0.25, 0.3) is 0 Å². The van der Waals surface area contributed by atoms with Crippen LogP contribution in [0.1, 0.15) is 50.2 Å². The van der Waals surface area contributed by atoms with E-state index in [1.165, 1.54) is 24.1 Å². The van der Waals surface area contributed by atoms with Gasteiger partial charge in [-0.05, 0) is 51.4 Å². The molecule has 3 aromatic heterocycles. The molecule has 6 nitrogen and oxygen atoms in total. The zero-order valence-corrected chi connectivity index (χ0v) is 18.6. The lowest BCUT2D eigenvalue weighted by atomic mass is 9.94. The largest absolute Gasteiger partial charge is 0.324 e. The molecule has 0 radical (unpaired) electrons. The fourth-order valence-electron chi connectivity index (χ4n) is 4.81. The van der Waals surface area contributed by atoms with Gasteiger partial charge in [-0.25, -0.2) is 4.98 Å². The summed E-state index contributed by atoms with van der Waals surface area (Å²) < 4.78 is 4.21. The first kappa shape index (κ1) is 19.9. The SMILES string of the molecule is CC(C)n1c(CN2CCC[C@H](c3ccc(-c4cnn(C)c4)cn3)C2)nc2ccccc21. The Labute approximate surface area is 183 Å². The smallest absolute Gasteiger partial charge is 0.124 e. The van der Waals surface area contributed by atoms with Gasteiger partial charge >= 0.3 is 0 Å². The molecule has 1 aromatic carbocycles. The van der Waals surface area contributed by atoms with E-state index in [2.05, 4.69) is 64.8 Å². The lowest BCUT2D eigenvalue weighted by Crippen LogP contribution is -2.35. The molecule has 6 heteroatoms. The van der Waals surface area contributed by atoms with Crippen LogP contribution in [0.25, 0.3) is 22.2 Å². The summed E-state index contributed by atoms with van der Waals surface area (Å²) in [5.74, 6) is 1.63. The van der Waals surface area contributed by atoms with Crippen LogP contribution in [0.3, 0.4) is 0 Å². The van der Waals surface area contributed by atoms with E-state index in [1.54, 1.807) is 0 Å². The summed E-state index contributed by atoms with van der Waals surface area (Å²) in [5, 5.41) is 4.26. The first-order valence-electron chi connectivity index (χ1n) is 11.2. The van der Waals surface area contributed by atoms with Gasteiger partial charge < -0.3 is 4.57 Å². The number of fused-ring (bicyclic) bond motifs is 1. The van der Waals surface area contributed by atoms with Gasteiger partial charge in [-0.1, -0.05) is 18.2 Å². The van der Waals surface area contributed by atoms with Gasteiger partial charge in [0, 0.05) is 54.8 Å². The second-order valence-corrected chi connectivity index (χ2v) is 8.93. The number of hydrogen-bond acceptors (Lipinski definition) is 4. The molecule has 5 rings (SSSR count). The molecule has 0 unspecified atom stereocenters. The average molecular weight is 415 g/mol. The lowest BCUT2D eigenvalue weighted by molar-refractivity contribution is 0.191. The highest BCUT2D eigenvalue weighted by Crippen LogP contribution is 2.29. The molecule has 31 heavy (non-hydrogen) atoms. The maximum Gasteiger partial charge on any atom is 0.124 e. The second-order valence-electron chi connectivity index (χ2n) is 8.93. The summed E-state index contributed by atoms with van der Waals surface area (Å²) in [6.45, 7) is 7.51. The maximum absolute atomic E-state index is 4.97. The number of rotatable bonds is 5. The molecule has 0 spiro atoms. The number of hydrogen-bond donors (Lipinski definition) is 0. The zero-order chi connectivity index (χ0) is 21.4. The Bertz CT molecular complexity index is 1170.